The van der Waals surface area contributed by atoms with Crippen molar-refractivity contribution in [1.29, 1.82) is 0 Å². The SMILES string of the molecule is Cn1c(=O)n(C)c2cc3c(cc21)CCC(CCCCNCCc1ccccc1Cl)C3=O. The molecular formula is C25H30ClN3O2. The Labute approximate surface area is 188 Å². The molecule has 3 aromatic rings. The second kappa shape index (κ2) is 9.41. The summed E-state index contributed by atoms with van der Waals surface area (Å²) in [5, 5.41) is 4.31. The Morgan fingerprint density at radius 3 is 2.55 bits per heavy atom. The normalized spacial score (nSPS) is 16.1. The molecule has 1 atom stereocenters. The van der Waals surface area contributed by atoms with Crippen LogP contribution in [-0.2, 0) is 26.9 Å². The standard InChI is InChI=1S/C25H30ClN3O2/c1-28-22-15-19-11-10-18(24(30)20(19)16-23(22)29(2)25(28)31)8-5-6-13-27-14-12-17-7-3-4-9-21(17)26/h3-4,7,9,15-16,18,27H,5-6,8,10-14H2,1-2H3. The van der Waals surface area contributed by atoms with Gasteiger partial charge in [-0.05, 0) is 74.5 Å². The fourth-order valence-electron chi connectivity index (χ4n) is 4.67. The number of carbonyl (C=O) groups excluding carboxylic acids is 1. The number of benzene rings is 2. The van der Waals surface area contributed by atoms with Gasteiger partial charge in [0.15, 0.2) is 5.78 Å². The number of hydrogen-bond donors (Lipinski definition) is 1. The highest BCUT2D eigenvalue weighted by Crippen LogP contribution is 2.31. The van der Waals surface area contributed by atoms with E-state index >= 15 is 0 Å². The molecule has 31 heavy (non-hydrogen) atoms. The second-order valence-electron chi connectivity index (χ2n) is 8.59. The molecule has 1 aromatic heterocycles. The van der Waals surface area contributed by atoms with Crippen LogP contribution in [-0.4, -0.2) is 28.0 Å². The second-order valence-corrected chi connectivity index (χ2v) is 8.99. The van der Waals surface area contributed by atoms with Crippen LogP contribution in [0.25, 0.3) is 11.0 Å². The van der Waals surface area contributed by atoms with Gasteiger partial charge in [0.1, 0.15) is 0 Å². The van der Waals surface area contributed by atoms with Crippen LogP contribution >= 0.6 is 11.6 Å². The van der Waals surface area contributed by atoms with Crippen molar-refractivity contribution < 1.29 is 4.79 Å². The maximum absolute atomic E-state index is 13.1. The summed E-state index contributed by atoms with van der Waals surface area (Å²) in [5.41, 5.74) is 4.75. The van der Waals surface area contributed by atoms with Gasteiger partial charge in [0.2, 0.25) is 0 Å². The van der Waals surface area contributed by atoms with Crippen LogP contribution in [0, 0.1) is 5.92 Å². The van der Waals surface area contributed by atoms with Crippen molar-refractivity contribution in [1.82, 2.24) is 14.5 Å². The van der Waals surface area contributed by atoms with Gasteiger partial charge in [0.25, 0.3) is 0 Å². The summed E-state index contributed by atoms with van der Waals surface area (Å²) in [6, 6.07) is 11.9. The van der Waals surface area contributed by atoms with E-state index in [2.05, 4.69) is 11.4 Å². The number of unbranched alkanes of at least 4 members (excludes halogenated alkanes) is 1. The number of nitrogens with zero attached hydrogens (tertiary/aromatic N) is 2. The highest BCUT2D eigenvalue weighted by atomic mass is 35.5. The molecule has 0 aliphatic heterocycles. The van der Waals surface area contributed by atoms with E-state index in [4.69, 9.17) is 11.6 Å². The van der Waals surface area contributed by atoms with Crippen molar-refractivity contribution in [2.24, 2.45) is 20.0 Å². The van der Waals surface area contributed by atoms with Gasteiger partial charge < -0.3 is 5.32 Å². The summed E-state index contributed by atoms with van der Waals surface area (Å²) in [6.07, 6.45) is 5.76. The van der Waals surface area contributed by atoms with E-state index < -0.39 is 0 Å². The molecule has 1 N–H and O–H groups in total. The van der Waals surface area contributed by atoms with Crippen LogP contribution in [0.15, 0.2) is 41.2 Å². The number of hydrogen-bond acceptors (Lipinski definition) is 3. The topological polar surface area (TPSA) is 56.0 Å². The molecule has 1 heterocycles. The molecule has 0 amide bonds. The number of Topliss-reactive ketones (excluding diaryl/α,β-unsaturated/α-hetero) is 1. The summed E-state index contributed by atoms with van der Waals surface area (Å²) >= 11 is 6.19. The predicted octanol–water partition coefficient (Wildman–Crippen LogP) is 4.28. The van der Waals surface area contributed by atoms with Crippen LogP contribution in [0.3, 0.4) is 0 Å². The van der Waals surface area contributed by atoms with E-state index in [1.807, 2.05) is 30.3 Å². The highest BCUT2D eigenvalue weighted by Gasteiger charge is 2.28. The van der Waals surface area contributed by atoms with E-state index in [1.54, 1.807) is 23.2 Å². The number of ketones is 1. The molecule has 5 nitrogen and oxygen atoms in total. The summed E-state index contributed by atoms with van der Waals surface area (Å²) in [5.74, 6) is 0.333. The van der Waals surface area contributed by atoms with E-state index in [-0.39, 0.29) is 17.4 Å². The van der Waals surface area contributed by atoms with Crippen LogP contribution in [0.5, 0.6) is 0 Å². The molecule has 2 aromatic carbocycles. The molecule has 0 fully saturated rings. The van der Waals surface area contributed by atoms with E-state index in [0.29, 0.717) is 0 Å². The van der Waals surface area contributed by atoms with Crippen molar-refractivity contribution in [2.45, 2.75) is 38.5 Å². The Morgan fingerprint density at radius 2 is 1.77 bits per heavy atom. The lowest BCUT2D eigenvalue weighted by molar-refractivity contribution is 0.0893. The molecule has 0 saturated carbocycles. The van der Waals surface area contributed by atoms with Gasteiger partial charge in [-0.25, -0.2) is 4.79 Å². The van der Waals surface area contributed by atoms with Gasteiger partial charge in [-0.2, -0.15) is 0 Å². The summed E-state index contributed by atoms with van der Waals surface area (Å²) in [7, 11) is 3.55. The molecule has 0 radical (unpaired) electrons. The summed E-state index contributed by atoms with van der Waals surface area (Å²) < 4.78 is 3.28. The lowest BCUT2D eigenvalue weighted by Crippen LogP contribution is -2.23. The molecule has 0 spiro atoms. The maximum Gasteiger partial charge on any atom is 0.328 e. The van der Waals surface area contributed by atoms with Crippen LogP contribution in [0.1, 0.15) is 47.2 Å². The summed E-state index contributed by atoms with van der Waals surface area (Å²) in [6.45, 7) is 1.86. The molecule has 1 aliphatic carbocycles. The van der Waals surface area contributed by atoms with Crippen molar-refractivity contribution in [3.05, 3.63) is 68.6 Å². The van der Waals surface area contributed by atoms with Crippen molar-refractivity contribution in [3.8, 4) is 0 Å². The molecule has 4 rings (SSSR count). The largest absolute Gasteiger partial charge is 0.328 e. The predicted molar refractivity (Wildman–Crippen MR) is 126 cm³/mol. The van der Waals surface area contributed by atoms with Gasteiger partial charge in [-0.15, -0.1) is 0 Å². The van der Waals surface area contributed by atoms with Gasteiger partial charge in [0, 0.05) is 30.6 Å². The lowest BCUT2D eigenvalue weighted by atomic mass is 9.80. The number of carbonyl (C=O) groups is 1. The third kappa shape index (κ3) is 4.48. The number of imidazole rings is 1. The van der Waals surface area contributed by atoms with Gasteiger partial charge >= 0.3 is 5.69 Å². The molecular weight excluding hydrogens is 410 g/mol. The number of nitrogens with one attached hydrogen (secondary N) is 1. The van der Waals surface area contributed by atoms with Crippen molar-refractivity contribution in [3.63, 3.8) is 0 Å². The van der Waals surface area contributed by atoms with Gasteiger partial charge in [-0.3, -0.25) is 13.9 Å². The average molecular weight is 440 g/mol. The fraction of sp³-hybridized carbons (Fsp3) is 0.440. The van der Waals surface area contributed by atoms with E-state index in [9.17, 15) is 9.59 Å². The molecule has 1 unspecified atom stereocenters. The smallest absolute Gasteiger partial charge is 0.316 e. The molecule has 164 valence electrons. The molecule has 1 aliphatic rings. The van der Waals surface area contributed by atoms with Gasteiger partial charge in [-0.1, -0.05) is 36.2 Å². The fourth-order valence-corrected chi connectivity index (χ4v) is 4.90. The first-order chi connectivity index (χ1) is 15.0. The maximum atomic E-state index is 13.1. The number of aryl methyl sites for hydroxylation is 3. The number of fused-ring (bicyclic) bond motifs is 2. The minimum absolute atomic E-state index is 0.0524. The average Bonchev–Trinajstić information content (AvgIpc) is 2.98. The van der Waals surface area contributed by atoms with E-state index in [1.165, 1.54) is 5.56 Å². The number of aromatic nitrogens is 2. The van der Waals surface area contributed by atoms with Crippen LogP contribution in [0.4, 0.5) is 0 Å². The van der Waals surface area contributed by atoms with Crippen LogP contribution < -0.4 is 11.0 Å². The third-order valence-electron chi connectivity index (χ3n) is 6.58. The number of halogens is 1. The Balaban J connectivity index is 1.27. The Hall–Kier alpha value is -2.37. The minimum atomic E-state index is -0.0524. The summed E-state index contributed by atoms with van der Waals surface area (Å²) in [4.78, 5) is 25.3. The van der Waals surface area contributed by atoms with Crippen molar-refractivity contribution in [2.75, 3.05) is 13.1 Å². The van der Waals surface area contributed by atoms with E-state index in [0.717, 1.165) is 78.8 Å². The first kappa shape index (κ1) is 21.8. The molecule has 0 saturated heterocycles. The Kier molecular flexibility index (Phi) is 6.63. The number of rotatable bonds is 8. The zero-order valence-corrected chi connectivity index (χ0v) is 19.0. The zero-order valence-electron chi connectivity index (χ0n) is 18.3. The third-order valence-corrected chi connectivity index (χ3v) is 6.95. The lowest BCUT2D eigenvalue weighted by Gasteiger charge is -2.23. The first-order valence-corrected chi connectivity index (χ1v) is 11.5. The van der Waals surface area contributed by atoms with Gasteiger partial charge in [0.05, 0.1) is 11.0 Å². The quantitative estimate of drug-likeness (QED) is 0.533. The Morgan fingerprint density at radius 1 is 1.03 bits per heavy atom. The Bertz CT molecular complexity index is 1160. The molecule has 6 heteroatoms. The highest BCUT2D eigenvalue weighted by molar-refractivity contribution is 6.31. The minimum Gasteiger partial charge on any atom is -0.316 e. The zero-order chi connectivity index (χ0) is 22.0. The monoisotopic (exact) mass is 439 g/mol. The van der Waals surface area contributed by atoms with Crippen LogP contribution in [0.2, 0.25) is 5.02 Å². The molecule has 0 bridgehead atoms. The van der Waals surface area contributed by atoms with Crippen molar-refractivity contribution >= 4 is 28.4 Å². The first-order valence-electron chi connectivity index (χ1n) is 11.1.